The molecule has 1 saturated heterocycles. The molecule has 2 aliphatic rings. The monoisotopic (exact) mass is 288 g/mol. The fraction of sp³-hybridized carbons (Fsp3) is 0.588. The van der Waals surface area contributed by atoms with Gasteiger partial charge in [-0.15, -0.1) is 0 Å². The molecule has 1 saturated carbocycles. The third-order valence-electron chi connectivity index (χ3n) is 4.31. The highest BCUT2D eigenvalue weighted by Gasteiger charge is 2.24. The summed E-state index contributed by atoms with van der Waals surface area (Å²) in [7, 11) is 0. The molecule has 2 fully saturated rings. The Hall–Kier alpha value is -1.39. The molecule has 3 rings (SSSR count). The molecule has 0 aromatic heterocycles. The molecule has 1 aromatic rings. The average Bonchev–Trinajstić information content (AvgIpc) is 3.38. The Kier molecular flexibility index (Phi) is 4.56. The van der Waals surface area contributed by atoms with E-state index in [0.29, 0.717) is 26.3 Å². The molecular weight excluding hydrogens is 264 g/mol. The summed E-state index contributed by atoms with van der Waals surface area (Å²) in [6, 6.07) is 8.59. The van der Waals surface area contributed by atoms with Gasteiger partial charge in [0.05, 0.1) is 19.3 Å². The summed E-state index contributed by atoms with van der Waals surface area (Å²) < 4.78 is 5.29. The van der Waals surface area contributed by atoms with Crippen LogP contribution in [-0.4, -0.2) is 43.2 Å². The van der Waals surface area contributed by atoms with Gasteiger partial charge in [-0.2, -0.15) is 0 Å². The van der Waals surface area contributed by atoms with Gasteiger partial charge in [0.15, 0.2) is 0 Å². The lowest BCUT2D eigenvalue weighted by atomic mass is 10.1. The van der Waals surface area contributed by atoms with Crippen LogP contribution in [0.1, 0.15) is 36.8 Å². The fourth-order valence-electron chi connectivity index (χ4n) is 2.79. The zero-order valence-electron chi connectivity index (χ0n) is 12.7. The van der Waals surface area contributed by atoms with Crippen molar-refractivity contribution in [2.24, 2.45) is 0 Å². The van der Waals surface area contributed by atoms with Crippen LogP contribution in [0.15, 0.2) is 24.3 Å². The zero-order chi connectivity index (χ0) is 14.7. The third kappa shape index (κ3) is 3.83. The van der Waals surface area contributed by atoms with E-state index in [1.54, 1.807) is 0 Å². The van der Waals surface area contributed by atoms with E-state index >= 15 is 0 Å². The highest BCUT2D eigenvalue weighted by Crippen LogP contribution is 2.40. The third-order valence-corrected chi connectivity index (χ3v) is 4.31. The van der Waals surface area contributed by atoms with Crippen LogP contribution in [0.3, 0.4) is 0 Å². The molecule has 1 unspecified atom stereocenters. The number of nitrogens with one attached hydrogen (secondary N) is 1. The maximum Gasteiger partial charge on any atom is 0.239 e. The average molecular weight is 288 g/mol. The molecule has 4 nitrogen and oxygen atoms in total. The normalized spacial score (nSPS) is 20.3. The second-order valence-corrected chi connectivity index (χ2v) is 6.06. The first-order chi connectivity index (χ1) is 10.2. The van der Waals surface area contributed by atoms with Crippen molar-refractivity contribution >= 4 is 5.91 Å². The molecule has 21 heavy (non-hydrogen) atoms. The SMILES string of the molecule is CC(NCc1cccc(C2CC2)c1)C(=O)N1CCOCC1. The molecular formula is C17H24N2O2. The van der Waals surface area contributed by atoms with Crippen molar-refractivity contribution in [3.8, 4) is 0 Å². The van der Waals surface area contributed by atoms with Crippen molar-refractivity contribution in [3.05, 3.63) is 35.4 Å². The molecule has 0 bridgehead atoms. The van der Waals surface area contributed by atoms with E-state index in [4.69, 9.17) is 4.74 Å². The highest BCUT2D eigenvalue weighted by atomic mass is 16.5. The van der Waals surface area contributed by atoms with E-state index < -0.39 is 0 Å². The summed E-state index contributed by atoms with van der Waals surface area (Å²) >= 11 is 0. The molecule has 1 N–H and O–H groups in total. The summed E-state index contributed by atoms with van der Waals surface area (Å²) in [5.74, 6) is 0.953. The van der Waals surface area contributed by atoms with Gasteiger partial charge in [-0.05, 0) is 36.8 Å². The van der Waals surface area contributed by atoms with Gasteiger partial charge >= 0.3 is 0 Å². The second kappa shape index (κ2) is 6.58. The van der Waals surface area contributed by atoms with Crippen molar-refractivity contribution < 1.29 is 9.53 Å². The highest BCUT2D eigenvalue weighted by molar-refractivity contribution is 5.81. The number of amides is 1. The van der Waals surface area contributed by atoms with Gasteiger partial charge in [-0.1, -0.05) is 24.3 Å². The first-order valence-corrected chi connectivity index (χ1v) is 7.93. The predicted molar refractivity (Wildman–Crippen MR) is 82.1 cm³/mol. The van der Waals surface area contributed by atoms with Gasteiger partial charge in [0.1, 0.15) is 0 Å². The standard InChI is InChI=1S/C17H24N2O2/c1-13(17(20)19-7-9-21-10-8-19)18-12-14-3-2-4-16(11-14)15-5-6-15/h2-4,11,13,15,18H,5-10,12H2,1H3. The molecule has 0 spiro atoms. The molecule has 1 heterocycles. The van der Waals surface area contributed by atoms with Gasteiger partial charge in [-0.3, -0.25) is 4.79 Å². The number of carbonyl (C=O) groups excluding carboxylic acids is 1. The molecule has 0 radical (unpaired) electrons. The van der Waals surface area contributed by atoms with Gasteiger partial charge in [0.2, 0.25) is 5.91 Å². The summed E-state index contributed by atoms with van der Waals surface area (Å²) in [5, 5.41) is 3.35. The van der Waals surface area contributed by atoms with Crippen LogP contribution in [0.25, 0.3) is 0 Å². The van der Waals surface area contributed by atoms with E-state index in [-0.39, 0.29) is 11.9 Å². The molecule has 1 aliphatic carbocycles. The van der Waals surface area contributed by atoms with Crippen molar-refractivity contribution in [2.45, 2.75) is 38.3 Å². The topological polar surface area (TPSA) is 41.6 Å². The quantitative estimate of drug-likeness (QED) is 0.900. The number of rotatable bonds is 5. The molecule has 1 amide bonds. The first-order valence-electron chi connectivity index (χ1n) is 7.93. The second-order valence-electron chi connectivity index (χ2n) is 6.06. The Morgan fingerprint density at radius 3 is 2.86 bits per heavy atom. The van der Waals surface area contributed by atoms with Crippen LogP contribution in [0.2, 0.25) is 0 Å². The number of nitrogens with zero attached hydrogens (tertiary/aromatic N) is 1. The van der Waals surface area contributed by atoms with E-state index in [1.807, 2.05) is 11.8 Å². The number of carbonyl (C=O) groups is 1. The number of ether oxygens (including phenoxy) is 1. The van der Waals surface area contributed by atoms with Gasteiger partial charge in [0.25, 0.3) is 0 Å². The molecule has 4 heteroatoms. The van der Waals surface area contributed by atoms with Crippen LogP contribution in [0.4, 0.5) is 0 Å². The summed E-state index contributed by atoms with van der Waals surface area (Å²) in [6.45, 7) is 5.42. The molecule has 1 aliphatic heterocycles. The summed E-state index contributed by atoms with van der Waals surface area (Å²) in [5.41, 5.74) is 2.71. The van der Waals surface area contributed by atoms with Crippen molar-refractivity contribution in [2.75, 3.05) is 26.3 Å². The van der Waals surface area contributed by atoms with Crippen molar-refractivity contribution in [3.63, 3.8) is 0 Å². The van der Waals surface area contributed by atoms with E-state index in [0.717, 1.165) is 12.5 Å². The fourth-order valence-corrected chi connectivity index (χ4v) is 2.79. The summed E-state index contributed by atoms with van der Waals surface area (Å²) in [4.78, 5) is 14.2. The Balaban J connectivity index is 1.51. The Bertz CT molecular complexity index is 493. The number of morpholine rings is 1. The van der Waals surface area contributed by atoms with E-state index in [9.17, 15) is 4.79 Å². The smallest absolute Gasteiger partial charge is 0.239 e. The maximum absolute atomic E-state index is 12.3. The Morgan fingerprint density at radius 1 is 1.38 bits per heavy atom. The minimum atomic E-state index is -0.146. The first kappa shape index (κ1) is 14.5. The number of benzene rings is 1. The maximum atomic E-state index is 12.3. The van der Waals surface area contributed by atoms with Crippen LogP contribution in [-0.2, 0) is 16.1 Å². The zero-order valence-corrected chi connectivity index (χ0v) is 12.7. The van der Waals surface area contributed by atoms with Crippen LogP contribution in [0.5, 0.6) is 0 Å². The Morgan fingerprint density at radius 2 is 2.14 bits per heavy atom. The largest absolute Gasteiger partial charge is 0.378 e. The van der Waals surface area contributed by atoms with Crippen LogP contribution >= 0.6 is 0 Å². The molecule has 1 aromatic carbocycles. The van der Waals surface area contributed by atoms with E-state index in [1.165, 1.54) is 24.0 Å². The van der Waals surface area contributed by atoms with Crippen LogP contribution < -0.4 is 5.32 Å². The number of hydrogen-bond donors (Lipinski definition) is 1. The minimum Gasteiger partial charge on any atom is -0.378 e. The lowest BCUT2D eigenvalue weighted by Gasteiger charge is -2.29. The Labute approximate surface area is 126 Å². The van der Waals surface area contributed by atoms with Crippen molar-refractivity contribution in [1.82, 2.24) is 10.2 Å². The molecule has 1 atom stereocenters. The minimum absolute atomic E-state index is 0.146. The lowest BCUT2D eigenvalue weighted by Crippen LogP contribution is -2.49. The van der Waals surface area contributed by atoms with E-state index in [2.05, 4.69) is 29.6 Å². The van der Waals surface area contributed by atoms with Gasteiger partial charge < -0.3 is 15.0 Å². The summed E-state index contributed by atoms with van der Waals surface area (Å²) in [6.07, 6.45) is 2.64. The van der Waals surface area contributed by atoms with Gasteiger partial charge in [0, 0.05) is 19.6 Å². The van der Waals surface area contributed by atoms with Crippen LogP contribution in [0, 0.1) is 0 Å². The molecule has 114 valence electrons. The lowest BCUT2D eigenvalue weighted by molar-refractivity contribution is -0.137. The van der Waals surface area contributed by atoms with Crippen molar-refractivity contribution in [1.29, 1.82) is 0 Å². The van der Waals surface area contributed by atoms with Gasteiger partial charge in [-0.25, -0.2) is 0 Å². The predicted octanol–water partition coefficient (Wildman–Crippen LogP) is 1.90. The number of hydrogen-bond acceptors (Lipinski definition) is 3.